The molecular formula is C28H20ClF3N8O. The van der Waals surface area contributed by atoms with Crippen molar-refractivity contribution in [2.45, 2.75) is 13.1 Å². The second kappa shape index (κ2) is 10.3. The van der Waals surface area contributed by atoms with Crippen molar-refractivity contribution in [3.05, 3.63) is 94.0 Å². The van der Waals surface area contributed by atoms with Gasteiger partial charge in [-0.25, -0.2) is 9.97 Å². The summed E-state index contributed by atoms with van der Waals surface area (Å²) in [6.07, 6.45) is 1.61. The average molecular weight is 577 g/mol. The van der Waals surface area contributed by atoms with Crippen molar-refractivity contribution in [1.29, 1.82) is 0 Å². The number of aromatic nitrogens is 4. The van der Waals surface area contributed by atoms with Crippen molar-refractivity contribution < 1.29 is 18.0 Å². The number of alkyl halides is 3. The maximum absolute atomic E-state index is 13.1. The second-order valence-corrected chi connectivity index (χ2v) is 9.66. The van der Waals surface area contributed by atoms with Crippen molar-refractivity contribution in [2.75, 3.05) is 28.6 Å². The third-order valence-electron chi connectivity index (χ3n) is 6.53. The lowest BCUT2D eigenvalue weighted by Crippen LogP contribution is -2.32. The van der Waals surface area contributed by atoms with E-state index in [1.54, 1.807) is 36.7 Å². The Hall–Kier alpha value is -4.84. The molecular weight excluding hydrogens is 557 g/mol. The van der Waals surface area contributed by atoms with Crippen LogP contribution in [0, 0.1) is 6.92 Å². The van der Waals surface area contributed by atoms with Crippen LogP contribution in [-0.4, -0.2) is 44.8 Å². The molecule has 0 atom stereocenters. The molecule has 2 N–H and O–H groups in total. The minimum absolute atomic E-state index is 0.330. The molecule has 0 saturated carbocycles. The fraction of sp³-hybridized carbons (Fsp3) is 0.143. The van der Waals surface area contributed by atoms with Gasteiger partial charge in [-0.1, -0.05) is 17.7 Å². The molecule has 9 nitrogen and oxygen atoms in total. The highest BCUT2D eigenvalue weighted by molar-refractivity contribution is 6.36. The first-order valence-electron chi connectivity index (χ1n) is 12.4. The van der Waals surface area contributed by atoms with Gasteiger partial charge in [0.05, 0.1) is 17.1 Å². The van der Waals surface area contributed by atoms with Gasteiger partial charge in [0.25, 0.3) is 5.91 Å². The third-order valence-corrected chi connectivity index (χ3v) is 6.83. The molecule has 41 heavy (non-hydrogen) atoms. The first kappa shape index (κ1) is 26.4. The van der Waals surface area contributed by atoms with Crippen LogP contribution in [0.15, 0.2) is 66.0 Å². The second-order valence-electron chi connectivity index (χ2n) is 9.26. The van der Waals surface area contributed by atoms with Crippen LogP contribution in [0.2, 0.25) is 5.02 Å². The van der Waals surface area contributed by atoms with E-state index in [4.69, 9.17) is 21.6 Å². The number of aryl methyl sites for hydroxylation is 1. The number of hydrogen-bond acceptors (Lipinski definition) is 8. The summed E-state index contributed by atoms with van der Waals surface area (Å²) in [4.78, 5) is 36.6. The van der Waals surface area contributed by atoms with Crippen LogP contribution in [0.5, 0.6) is 0 Å². The van der Waals surface area contributed by atoms with Gasteiger partial charge in [0.1, 0.15) is 17.3 Å². The number of nitrogens with zero attached hydrogens (tertiary/aromatic N) is 6. The van der Waals surface area contributed by atoms with Gasteiger partial charge in [-0.05, 0) is 60.5 Å². The number of aliphatic imine (C=N–C) groups is 1. The zero-order chi connectivity index (χ0) is 28.7. The Morgan fingerprint density at radius 3 is 2.73 bits per heavy atom. The standard InChI is InChI=1S/C28H20ClF3N8O/c1-15-4-5-18(37-26(41)22-12-17(6-8-33-22)28(30,31)32)13-19(15)20-11-16-14-36-27(38-23-21(29)3-2-7-34-23)39-24(16)40-10-9-35-25(20)40/h2-8,11-14H,9-10H2,1H3,(H,37,41)(H,34,36,38,39). The number of carbonyl (C=O) groups excluding carboxylic acids is 1. The number of halogens is 4. The third kappa shape index (κ3) is 5.21. The molecule has 0 aliphatic carbocycles. The van der Waals surface area contributed by atoms with Gasteiger partial charge in [-0.3, -0.25) is 14.8 Å². The predicted octanol–water partition coefficient (Wildman–Crippen LogP) is 6.02. The van der Waals surface area contributed by atoms with Crippen molar-refractivity contribution in [3.63, 3.8) is 0 Å². The largest absolute Gasteiger partial charge is 0.416 e. The topological polar surface area (TPSA) is 108 Å². The lowest BCUT2D eigenvalue weighted by atomic mass is 9.94. The fourth-order valence-corrected chi connectivity index (χ4v) is 4.73. The molecule has 0 spiro atoms. The SMILES string of the molecule is Cc1ccc(NC(=O)c2cc(C(F)(F)F)ccn2)cc1C1=Cc2cnc(Nc3ncccc3Cl)nc2N2CCN=C12. The molecule has 0 radical (unpaired) electrons. The summed E-state index contributed by atoms with van der Waals surface area (Å²) in [6.45, 7) is 3.09. The first-order chi connectivity index (χ1) is 19.7. The molecule has 0 bridgehead atoms. The van der Waals surface area contributed by atoms with Gasteiger partial charge in [0.2, 0.25) is 5.95 Å². The zero-order valence-corrected chi connectivity index (χ0v) is 22.1. The first-order valence-corrected chi connectivity index (χ1v) is 12.8. The maximum Gasteiger partial charge on any atom is 0.416 e. The summed E-state index contributed by atoms with van der Waals surface area (Å²) in [5.74, 6) is 1.40. The number of amidine groups is 1. The van der Waals surface area contributed by atoms with Crippen LogP contribution >= 0.6 is 11.6 Å². The molecule has 1 aromatic carbocycles. The molecule has 1 amide bonds. The molecule has 4 aromatic rings. The number of anilines is 4. The molecule has 2 aliphatic rings. The summed E-state index contributed by atoms with van der Waals surface area (Å²) in [5, 5.41) is 6.14. The van der Waals surface area contributed by atoms with Crippen LogP contribution in [0.4, 0.5) is 36.4 Å². The van der Waals surface area contributed by atoms with Gasteiger partial charge in [-0.2, -0.15) is 18.2 Å². The number of pyridine rings is 2. The highest BCUT2D eigenvalue weighted by Crippen LogP contribution is 2.37. The Kier molecular flexibility index (Phi) is 6.62. The van der Waals surface area contributed by atoms with Crippen molar-refractivity contribution in [2.24, 2.45) is 4.99 Å². The van der Waals surface area contributed by atoms with E-state index in [0.29, 0.717) is 47.2 Å². The number of hydrogen-bond donors (Lipinski definition) is 2. The Morgan fingerprint density at radius 2 is 1.93 bits per heavy atom. The summed E-state index contributed by atoms with van der Waals surface area (Å²) >= 11 is 6.22. The summed E-state index contributed by atoms with van der Waals surface area (Å²) in [7, 11) is 0. The quantitative estimate of drug-likeness (QED) is 0.299. The monoisotopic (exact) mass is 576 g/mol. The van der Waals surface area contributed by atoms with E-state index < -0.39 is 17.6 Å². The Balaban J connectivity index is 1.31. The molecule has 206 valence electrons. The van der Waals surface area contributed by atoms with Crippen LogP contribution < -0.4 is 15.5 Å². The molecule has 6 rings (SSSR count). The van der Waals surface area contributed by atoms with Gasteiger partial charge in [-0.15, -0.1) is 0 Å². The van der Waals surface area contributed by atoms with E-state index in [2.05, 4.69) is 25.6 Å². The van der Waals surface area contributed by atoms with E-state index in [1.807, 2.05) is 24.0 Å². The van der Waals surface area contributed by atoms with Crippen molar-refractivity contribution in [1.82, 2.24) is 19.9 Å². The highest BCUT2D eigenvalue weighted by Gasteiger charge is 2.32. The van der Waals surface area contributed by atoms with Gasteiger partial charge < -0.3 is 15.5 Å². The number of benzene rings is 1. The zero-order valence-electron chi connectivity index (χ0n) is 21.4. The number of rotatable bonds is 5. The van der Waals surface area contributed by atoms with Crippen LogP contribution in [-0.2, 0) is 6.18 Å². The molecule has 5 heterocycles. The van der Waals surface area contributed by atoms with Gasteiger partial charge >= 0.3 is 6.18 Å². The van der Waals surface area contributed by atoms with Crippen LogP contribution in [0.3, 0.4) is 0 Å². The average Bonchev–Trinajstić information content (AvgIpc) is 3.45. The van der Waals surface area contributed by atoms with Crippen LogP contribution in [0.1, 0.15) is 32.7 Å². The normalized spacial score (nSPS) is 14.1. The highest BCUT2D eigenvalue weighted by atomic mass is 35.5. The van der Waals surface area contributed by atoms with E-state index in [1.165, 1.54) is 0 Å². The number of nitrogens with one attached hydrogen (secondary N) is 2. The lowest BCUT2D eigenvalue weighted by molar-refractivity contribution is -0.137. The van der Waals surface area contributed by atoms with E-state index in [0.717, 1.165) is 40.6 Å². The minimum Gasteiger partial charge on any atom is -0.321 e. The Bertz CT molecular complexity index is 1750. The Morgan fingerprint density at radius 1 is 1.07 bits per heavy atom. The minimum atomic E-state index is -4.58. The molecule has 13 heteroatoms. The number of fused-ring (bicyclic) bond motifs is 3. The number of amides is 1. The van der Waals surface area contributed by atoms with E-state index in [-0.39, 0.29) is 5.69 Å². The number of carbonyl (C=O) groups is 1. The van der Waals surface area contributed by atoms with Crippen LogP contribution in [0.25, 0.3) is 11.6 Å². The molecule has 0 fully saturated rings. The van der Waals surface area contributed by atoms with Crippen molar-refractivity contribution in [3.8, 4) is 0 Å². The molecule has 2 aliphatic heterocycles. The summed E-state index contributed by atoms with van der Waals surface area (Å²) in [6, 6.07) is 10.2. The molecule has 0 saturated heterocycles. The fourth-order valence-electron chi connectivity index (χ4n) is 4.56. The van der Waals surface area contributed by atoms with Gasteiger partial charge in [0.15, 0.2) is 5.82 Å². The summed E-state index contributed by atoms with van der Waals surface area (Å²) in [5.41, 5.74) is 2.38. The maximum atomic E-state index is 13.1. The molecule has 0 unspecified atom stereocenters. The molecule has 3 aromatic heterocycles. The van der Waals surface area contributed by atoms with Crippen molar-refractivity contribution >= 4 is 58.3 Å². The summed E-state index contributed by atoms with van der Waals surface area (Å²) < 4.78 is 39.3. The lowest BCUT2D eigenvalue weighted by Gasteiger charge is -2.28. The van der Waals surface area contributed by atoms with E-state index in [9.17, 15) is 18.0 Å². The smallest absolute Gasteiger partial charge is 0.321 e. The van der Waals surface area contributed by atoms with E-state index >= 15 is 0 Å². The Labute approximate surface area is 236 Å². The predicted molar refractivity (Wildman–Crippen MR) is 150 cm³/mol. The van der Waals surface area contributed by atoms with Gasteiger partial charge in [0, 0.05) is 42.0 Å².